The molecule has 3 aliphatic rings. The highest BCUT2D eigenvalue weighted by Gasteiger charge is 2.54. The molecule has 1 heterocycles. The Kier molecular flexibility index (Phi) is 3.74. The molecule has 2 aromatic rings. The fraction of sp³-hybridized carbons (Fsp3) is 0.381. The van der Waals surface area contributed by atoms with Crippen LogP contribution < -0.4 is 5.32 Å². The first-order valence-corrected chi connectivity index (χ1v) is 9.87. The number of anilines is 1. The molecule has 5 atom stereocenters. The summed E-state index contributed by atoms with van der Waals surface area (Å²) in [4.78, 5) is 11.8. The lowest BCUT2D eigenvalue weighted by atomic mass is 9.67. The van der Waals surface area contributed by atoms with Crippen molar-refractivity contribution in [1.29, 1.82) is 0 Å². The van der Waals surface area contributed by atoms with Crippen LogP contribution >= 0.6 is 23.2 Å². The Labute approximate surface area is 162 Å². The highest BCUT2D eigenvalue weighted by atomic mass is 35.5. The first-order chi connectivity index (χ1) is 12.5. The van der Waals surface area contributed by atoms with Crippen LogP contribution in [0.3, 0.4) is 0 Å². The predicted molar refractivity (Wildman–Crippen MR) is 103 cm³/mol. The highest BCUT2D eigenvalue weighted by Crippen LogP contribution is 2.64. The molecule has 2 saturated carbocycles. The molecule has 5 heteroatoms. The molecule has 0 unspecified atom stereocenters. The van der Waals surface area contributed by atoms with Crippen molar-refractivity contribution < 1.29 is 9.90 Å². The molecule has 2 bridgehead atoms. The lowest BCUT2D eigenvalue weighted by molar-refractivity contribution is 0.0697. The van der Waals surface area contributed by atoms with E-state index < -0.39 is 5.97 Å². The maximum Gasteiger partial charge on any atom is 0.337 e. The van der Waals surface area contributed by atoms with Gasteiger partial charge in [-0.15, -0.1) is 0 Å². The van der Waals surface area contributed by atoms with Crippen LogP contribution in [-0.4, -0.2) is 11.1 Å². The molecule has 26 heavy (non-hydrogen) atoms. The van der Waals surface area contributed by atoms with Gasteiger partial charge in [-0.25, -0.2) is 4.79 Å². The number of nitrogens with one attached hydrogen (secondary N) is 1. The van der Waals surface area contributed by atoms with Crippen molar-refractivity contribution in [2.45, 2.75) is 31.2 Å². The van der Waals surface area contributed by atoms with Crippen LogP contribution in [0.4, 0.5) is 5.69 Å². The second-order valence-corrected chi connectivity index (χ2v) is 8.71. The summed E-state index contributed by atoms with van der Waals surface area (Å²) < 4.78 is 0. The van der Waals surface area contributed by atoms with Gasteiger partial charge in [-0.2, -0.15) is 0 Å². The first-order valence-electron chi connectivity index (χ1n) is 9.11. The molecule has 3 nitrogen and oxygen atoms in total. The molecule has 0 radical (unpaired) electrons. The molecule has 2 N–H and O–H groups in total. The van der Waals surface area contributed by atoms with Gasteiger partial charge in [-0.05, 0) is 78.3 Å². The SMILES string of the molecule is O=C(O)c1cccc2c1N[C@H](c1cc(Cl)cc(Cl)c1)[C@H]1[C@H]3CC[C@@H](C3)[C@H]21. The molecule has 2 aromatic carbocycles. The highest BCUT2D eigenvalue weighted by molar-refractivity contribution is 6.34. The maximum atomic E-state index is 11.8. The molecule has 2 aliphatic carbocycles. The summed E-state index contributed by atoms with van der Waals surface area (Å²) in [6, 6.07) is 11.4. The number of aromatic carboxylic acids is 1. The van der Waals surface area contributed by atoms with Gasteiger partial charge >= 0.3 is 5.97 Å². The lowest BCUT2D eigenvalue weighted by Gasteiger charge is -2.44. The zero-order valence-electron chi connectivity index (χ0n) is 14.1. The van der Waals surface area contributed by atoms with E-state index >= 15 is 0 Å². The summed E-state index contributed by atoms with van der Waals surface area (Å²) in [5, 5.41) is 14.5. The predicted octanol–water partition coefficient (Wildman–Crippen LogP) is 5.99. The smallest absolute Gasteiger partial charge is 0.337 e. The van der Waals surface area contributed by atoms with Gasteiger partial charge in [0.2, 0.25) is 0 Å². The number of fused-ring (bicyclic) bond motifs is 7. The number of hydrogen-bond donors (Lipinski definition) is 2. The second kappa shape index (κ2) is 5.90. The lowest BCUT2D eigenvalue weighted by Crippen LogP contribution is -2.36. The Morgan fingerprint density at radius 1 is 1.08 bits per heavy atom. The summed E-state index contributed by atoms with van der Waals surface area (Å²) in [7, 11) is 0. The molecule has 0 aromatic heterocycles. The minimum Gasteiger partial charge on any atom is -0.478 e. The van der Waals surface area contributed by atoms with E-state index in [0.717, 1.165) is 11.3 Å². The number of hydrogen-bond acceptors (Lipinski definition) is 2. The Morgan fingerprint density at radius 3 is 2.54 bits per heavy atom. The number of carbonyl (C=O) groups is 1. The Hall–Kier alpha value is -1.71. The third-order valence-electron chi connectivity index (χ3n) is 6.60. The van der Waals surface area contributed by atoms with Crippen LogP contribution in [0, 0.1) is 17.8 Å². The van der Waals surface area contributed by atoms with Crippen LogP contribution in [0.15, 0.2) is 36.4 Å². The van der Waals surface area contributed by atoms with E-state index in [1.807, 2.05) is 18.2 Å². The van der Waals surface area contributed by atoms with Gasteiger partial charge in [0.1, 0.15) is 0 Å². The minimum absolute atomic E-state index is 0.0412. The molecule has 2 fully saturated rings. The number of rotatable bonds is 2. The third-order valence-corrected chi connectivity index (χ3v) is 7.03. The first kappa shape index (κ1) is 16.5. The van der Waals surface area contributed by atoms with Crippen molar-refractivity contribution in [3.8, 4) is 0 Å². The molecule has 1 aliphatic heterocycles. The summed E-state index contributed by atoms with van der Waals surface area (Å²) >= 11 is 12.5. The van der Waals surface area contributed by atoms with E-state index in [-0.39, 0.29) is 6.04 Å². The summed E-state index contributed by atoms with van der Waals surface area (Å²) in [5.74, 6) is 1.29. The molecule has 0 amide bonds. The van der Waals surface area contributed by atoms with Crippen LogP contribution in [0.1, 0.15) is 52.7 Å². The standard InChI is InChI=1S/C21H19Cl2NO2/c22-13-7-12(8-14(23)9-13)19-18-11-5-4-10(6-11)17(18)15-2-1-3-16(21(25)26)20(15)24-19/h1-3,7-11,17-19,24H,4-6H2,(H,25,26)/t10-,11-,17+,18-,19+/m0/s1. The van der Waals surface area contributed by atoms with E-state index in [9.17, 15) is 9.90 Å². The van der Waals surface area contributed by atoms with E-state index in [0.29, 0.717) is 39.3 Å². The van der Waals surface area contributed by atoms with Crippen LogP contribution in [0.2, 0.25) is 10.0 Å². The Bertz CT molecular complexity index is 893. The van der Waals surface area contributed by atoms with Crippen LogP contribution in [-0.2, 0) is 0 Å². The average Bonchev–Trinajstić information content (AvgIpc) is 3.21. The molecule has 5 rings (SSSR count). The summed E-state index contributed by atoms with van der Waals surface area (Å²) in [6.45, 7) is 0. The summed E-state index contributed by atoms with van der Waals surface area (Å²) in [5.41, 5.74) is 3.35. The molecular formula is C21H19Cl2NO2. The summed E-state index contributed by atoms with van der Waals surface area (Å²) in [6.07, 6.45) is 3.73. The zero-order chi connectivity index (χ0) is 18.0. The van der Waals surface area contributed by atoms with Gasteiger partial charge in [0.05, 0.1) is 17.3 Å². The molecule has 0 saturated heterocycles. The van der Waals surface area contributed by atoms with Gasteiger partial charge in [-0.3, -0.25) is 0 Å². The zero-order valence-corrected chi connectivity index (χ0v) is 15.6. The van der Waals surface area contributed by atoms with Crippen molar-refractivity contribution in [2.24, 2.45) is 17.8 Å². The van der Waals surface area contributed by atoms with Crippen molar-refractivity contribution >= 4 is 34.9 Å². The molecular weight excluding hydrogens is 369 g/mol. The largest absolute Gasteiger partial charge is 0.478 e. The quantitative estimate of drug-likeness (QED) is 0.665. The van der Waals surface area contributed by atoms with Gasteiger partial charge < -0.3 is 10.4 Å². The number of para-hydroxylation sites is 1. The fourth-order valence-corrected chi connectivity index (χ4v) is 6.32. The molecule has 0 spiro atoms. The van der Waals surface area contributed by atoms with Gasteiger partial charge in [0.25, 0.3) is 0 Å². The van der Waals surface area contributed by atoms with Crippen molar-refractivity contribution in [3.63, 3.8) is 0 Å². The molecule has 134 valence electrons. The van der Waals surface area contributed by atoms with Gasteiger partial charge in [0, 0.05) is 10.0 Å². The van der Waals surface area contributed by atoms with Crippen molar-refractivity contribution in [3.05, 3.63) is 63.1 Å². The van der Waals surface area contributed by atoms with Crippen molar-refractivity contribution in [2.75, 3.05) is 5.32 Å². The van der Waals surface area contributed by atoms with Gasteiger partial charge in [-0.1, -0.05) is 35.3 Å². The number of carboxylic acid groups (broad SMARTS) is 1. The van der Waals surface area contributed by atoms with E-state index in [1.165, 1.54) is 24.8 Å². The second-order valence-electron chi connectivity index (χ2n) is 7.84. The van der Waals surface area contributed by atoms with E-state index in [1.54, 1.807) is 12.1 Å². The Morgan fingerprint density at radius 2 is 1.81 bits per heavy atom. The van der Waals surface area contributed by atoms with Crippen LogP contribution in [0.5, 0.6) is 0 Å². The van der Waals surface area contributed by atoms with Gasteiger partial charge in [0.15, 0.2) is 0 Å². The maximum absolute atomic E-state index is 11.8. The fourth-order valence-electron chi connectivity index (χ4n) is 5.78. The number of carboxylic acids is 1. The number of halogens is 2. The normalized spacial score (nSPS) is 31.2. The van der Waals surface area contributed by atoms with Crippen LogP contribution in [0.25, 0.3) is 0 Å². The topological polar surface area (TPSA) is 49.3 Å². The van der Waals surface area contributed by atoms with Crippen molar-refractivity contribution in [1.82, 2.24) is 0 Å². The minimum atomic E-state index is -0.890. The number of benzene rings is 2. The monoisotopic (exact) mass is 387 g/mol. The van der Waals surface area contributed by atoms with E-state index in [2.05, 4.69) is 11.4 Å². The average molecular weight is 388 g/mol. The Balaban J connectivity index is 1.69. The van der Waals surface area contributed by atoms with E-state index in [4.69, 9.17) is 23.2 Å². The third kappa shape index (κ3) is 2.37.